The van der Waals surface area contributed by atoms with Crippen LogP contribution in [0.5, 0.6) is 11.8 Å². The van der Waals surface area contributed by atoms with Crippen LogP contribution in [-0.4, -0.2) is 15.0 Å². The van der Waals surface area contributed by atoms with Crippen LogP contribution >= 0.6 is 11.3 Å². The first-order chi connectivity index (χ1) is 20.8. The molecule has 4 nitrogen and oxygen atoms in total. The third kappa shape index (κ3) is 4.72. The highest BCUT2D eigenvalue weighted by atomic mass is 32.1. The van der Waals surface area contributed by atoms with Crippen molar-refractivity contribution < 1.29 is 4.74 Å². The lowest BCUT2D eigenvalue weighted by atomic mass is 10.0. The molecular weight excluding hydrogens is 534 g/mol. The number of nitrogens with zero attached hydrogens (tertiary/aromatic N) is 3. The molecule has 0 N–H and O–H groups in total. The summed E-state index contributed by atoms with van der Waals surface area (Å²) in [6, 6.07) is 38.0. The van der Waals surface area contributed by atoms with E-state index in [9.17, 15) is 0 Å². The highest BCUT2D eigenvalue weighted by Crippen LogP contribution is 2.38. The molecule has 4 aromatic heterocycles. The molecule has 11 rings (SSSR count). The predicted molar refractivity (Wildman–Crippen MR) is 171 cm³/mol. The van der Waals surface area contributed by atoms with Crippen LogP contribution in [0.4, 0.5) is 0 Å². The van der Waals surface area contributed by atoms with Crippen LogP contribution in [0.2, 0.25) is 0 Å². The summed E-state index contributed by atoms with van der Waals surface area (Å²) >= 11 is 1.90. The van der Waals surface area contributed by atoms with Gasteiger partial charge in [0.25, 0.3) is 0 Å². The molecule has 0 amide bonds. The molecule has 3 aromatic carbocycles. The van der Waals surface area contributed by atoms with Crippen molar-refractivity contribution >= 4 is 31.5 Å². The number of hydrogen-bond acceptors (Lipinski definition) is 5. The van der Waals surface area contributed by atoms with Gasteiger partial charge in [0, 0.05) is 44.9 Å². The largest absolute Gasteiger partial charge is 0.421 e. The summed E-state index contributed by atoms with van der Waals surface area (Å²) in [5.41, 5.74) is 9.03. The zero-order valence-electron chi connectivity index (χ0n) is 23.0. The molecule has 4 aliphatic rings. The Labute approximate surface area is 248 Å². The molecule has 4 aliphatic heterocycles. The molecule has 0 saturated carbocycles. The number of thiophene rings is 1. The molecule has 0 atom stereocenters. The van der Waals surface area contributed by atoms with Gasteiger partial charge in [-0.05, 0) is 60.6 Å². The van der Waals surface area contributed by atoms with E-state index in [0.717, 1.165) is 48.2 Å². The minimum absolute atomic E-state index is 0.524. The Morgan fingerprint density at radius 3 is 1.79 bits per heavy atom. The van der Waals surface area contributed by atoms with Crippen LogP contribution < -0.4 is 4.74 Å². The van der Waals surface area contributed by atoms with E-state index in [4.69, 9.17) is 19.7 Å². The summed E-state index contributed by atoms with van der Waals surface area (Å²) in [6.45, 7) is 0. The molecule has 10 bridgehead atoms. The van der Waals surface area contributed by atoms with Crippen LogP contribution in [0.3, 0.4) is 0 Å². The predicted octanol–water partition coefficient (Wildman–Crippen LogP) is 9.25. The first kappa shape index (κ1) is 24.9. The van der Waals surface area contributed by atoms with Gasteiger partial charge in [-0.2, -0.15) is 0 Å². The Balaban J connectivity index is 1.22. The van der Waals surface area contributed by atoms with E-state index in [-0.39, 0.29) is 0 Å². The van der Waals surface area contributed by atoms with E-state index >= 15 is 0 Å². The Morgan fingerprint density at radius 1 is 0.524 bits per heavy atom. The van der Waals surface area contributed by atoms with Crippen molar-refractivity contribution in [1.29, 1.82) is 0 Å². The molecule has 0 fully saturated rings. The maximum Gasteiger partial charge on any atom is 0.221 e. The topological polar surface area (TPSA) is 47.9 Å². The molecule has 0 saturated heterocycles. The lowest BCUT2D eigenvalue weighted by Crippen LogP contribution is -1.95. The number of fused-ring (bicyclic) bond motifs is 1. The number of hydrogen-bond donors (Lipinski definition) is 0. The average molecular weight is 562 g/mol. The van der Waals surface area contributed by atoms with Crippen LogP contribution in [-0.2, 0) is 25.7 Å². The van der Waals surface area contributed by atoms with Gasteiger partial charge in [0.1, 0.15) is 0 Å². The summed E-state index contributed by atoms with van der Waals surface area (Å²) in [4.78, 5) is 14.4. The fraction of sp³-hybridized carbons (Fsp3) is 0.108. The minimum atomic E-state index is 0.524. The highest BCUT2D eigenvalue weighted by Gasteiger charge is 2.14. The third-order valence-corrected chi connectivity index (χ3v) is 9.40. The van der Waals surface area contributed by atoms with Gasteiger partial charge in [-0.3, -0.25) is 4.98 Å². The maximum absolute atomic E-state index is 6.11. The molecule has 42 heavy (non-hydrogen) atoms. The van der Waals surface area contributed by atoms with Gasteiger partial charge in [-0.25, -0.2) is 9.97 Å². The second-order valence-corrected chi connectivity index (χ2v) is 11.8. The van der Waals surface area contributed by atoms with Gasteiger partial charge >= 0.3 is 0 Å². The molecule has 8 heterocycles. The number of rotatable bonds is 0. The zero-order chi connectivity index (χ0) is 27.9. The zero-order valence-corrected chi connectivity index (χ0v) is 23.8. The molecular formula is C37H27N3OS. The van der Waals surface area contributed by atoms with E-state index in [1.807, 2.05) is 53.9 Å². The summed E-state index contributed by atoms with van der Waals surface area (Å²) in [5.74, 6) is 1.05. The van der Waals surface area contributed by atoms with Gasteiger partial charge in [0.05, 0.1) is 21.8 Å². The highest BCUT2D eigenvalue weighted by molar-refractivity contribution is 7.26. The molecule has 7 aromatic rings. The standard InChI is InChI=1S/C37H27N3OS/c1-4-28-20-14-24-10-16-26(17-11-24)31-6-2-8-34(39-31)41-35-9-3-7-32(40-35)27-18-12-25(13-19-27)15-21-33-37-30(22-23-38-33)29(5-1)36(28)42-37/h1-13,16-19,22-23H,14-15,20-21H2. The SMILES string of the molecule is c1cc2nc(c1)-c1ccc(cc1)CCc1cccc3c1sc1c(nccc13)CCc1ccc(cc1)-c1cccc(n1)O2. The lowest BCUT2D eigenvalue weighted by Gasteiger charge is -2.09. The number of benzene rings is 3. The number of ether oxygens (including phenoxy) is 1. The summed E-state index contributed by atoms with van der Waals surface area (Å²) in [6.07, 6.45) is 5.78. The first-order valence-corrected chi connectivity index (χ1v) is 15.2. The smallest absolute Gasteiger partial charge is 0.221 e. The quantitative estimate of drug-likeness (QED) is 0.185. The Hall–Kier alpha value is -4.87. The summed E-state index contributed by atoms with van der Waals surface area (Å²) in [5, 5.41) is 2.65. The molecule has 0 unspecified atom stereocenters. The first-order valence-electron chi connectivity index (χ1n) is 14.4. The van der Waals surface area contributed by atoms with E-state index in [1.54, 1.807) is 0 Å². The number of pyridine rings is 3. The molecule has 0 spiro atoms. The van der Waals surface area contributed by atoms with E-state index in [0.29, 0.717) is 11.8 Å². The second kappa shape index (κ2) is 10.5. The number of aryl methyl sites for hydroxylation is 4. The van der Waals surface area contributed by atoms with Crippen molar-refractivity contribution in [2.45, 2.75) is 25.7 Å². The summed E-state index contributed by atoms with van der Waals surface area (Å²) in [7, 11) is 0. The Bertz CT molecular complexity index is 1920. The summed E-state index contributed by atoms with van der Waals surface area (Å²) < 4.78 is 8.81. The minimum Gasteiger partial charge on any atom is -0.421 e. The second-order valence-electron chi connectivity index (χ2n) is 10.7. The van der Waals surface area contributed by atoms with Crippen molar-refractivity contribution in [3.8, 4) is 34.3 Å². The van der Waals surface area contributed by atoms with Gasteiger partial charge in [-0.15, -0.1) is 11.3 Å². The van der Waals surface area contributed by atoms with Crippen molar-refractivity contribution in [3.63, 3.8) is 0 Å². The Morgan fingerprint density at radius 2 is 1.12 bits per heavy atom. The normalized spacial score (nSPS) is 13.0. The maximum atomic E-state index is 6.11. The molecule has 202 valence electrons. The fourth-order valence-corrected chi connectivity index (χ4v) is 7.16. The van der Waals surface area contributed by atoms with Crippen molar-refractivity contribution in [1.82, 2.24) is 15.0 Å². The van der Waals surface area contributed by atoms with Crippen LogP contribution in [0.25, 0.3) is 42.7 Å². The van der Waals surface area contributed by atoms with Crippen LogP contribution in [0, 0.1) is 0 Å². The average Bonchev–Trinajstić information content (AvgIpc) is 3.43. The van der Waals surface area contributed by atoms with Gasteiger partial charge in [0.2, 0.25) is 11.8 Å². The molecule has 0 radical (unpaired) electrons. The van der Waals surface area contributed by atoms with E-state index in [2.05, 4.69) is 72.8 Å². The third-order valence-electron chi connectivity index (χ3n) is 8.06. The van der Waals surface area contributed by atoms with Crippen LogP contribution in [0.15, 0.2) is 115 Å². The van der Waals surface area contributed by atoms with Crippen molar-refractivity contribution in [2.24, 2.45) is 0 Å². The van der Waals surface area contributed by atoms with E-state index < -0.39 is 0 Å². The fourth-order valence-electron chi connectivity index (χ4n) is 5.81. The molecule has 0 aliphatic carbocycles. The van der Waals surface area contributed by atoms with Gasteiger partial charge in [-0.1, -0.05) is 78.9 Å². The van der Waals surface area contributed by atoms with Gasteiger partial charge in [0.15, 0.2) is 0 Å². The molecule has 5 heteroatoms. The van der Waals surface area contributed by atoms with Gasteiger partial charge < -0.3 is 4.74 Å². The lowest BCUT2D eigenvalue weighted by molar-refractivity contribution is 0.446. The van der Waals surface area contributed by atoms with Crippen molar-refractivity contribution in [2.75, 3.05) is 0 Å². The Kier molecular flexibility index (Phi) is 6.23. The number of aromatic nitrogens is 3. The monoisotopic (exact) mass is 561 g/mol. The van der Waals surface area contributed by atoms with Crippen LogP contribution in [0.1, 0.15) is 22.4 Å². The van der Waals surface area contributed by atoms with E-state index in [1.165, 1.54) is 42.6 Å². The van der Waals surface area contributed by atoms with Crippen molar-refractivity contribution in [3.05, 3.63) is 138 Å².